The minimum absolute atomic E-state index is 0.00226. The largest absolute Gasteiger partial charge is 0.496 e. The first kappa shape index (κ1) is 23.4. The quantitative estimate of drug-likeness (QED) is 0.325. The van der Waals surface area contributed by atoms with Crippen molar-refractivity contribution >= 4 is 34.5 Å². The van der Waals surface area contributed by atoms with Crippen molar-refractivity contribution in [3.05, 3.63) is 64.7 Å². The van der Waals surface area contributed by atoms with Crippen molar-refractivity contribution in [3.8, 4) is 17.2 Å². The molecule has 0 saturated carbocycles. The lowest BCUT2D eigenvalue weighted by Gasteiger charge is -2.18. The van der Waals surface area contributed by atoms with Crippen LogP contribution in [0.4, 0.5) is 0 Å². The molecule has 0 aliphatic carbocycles. The number of carbonyl (C=O) groups excluding carboxylic acids is 1. The van der Waals surface area contributed by atoms with E-state index in [4.69, 9.17) is 25.8 Å². The number of amides is 1. The van der Waals surface area contributed by atoms with Crippen LogP contribution in [0.3, 0.4) is 0 Å². The van der Waals surface area contributed by atoms with Crippen LogP contribution >= 0.6 is 11.6 Å². The van der Waals surface area contributed by atoms with Crippen LogP contribution in [-0.4, -0.2) is 31.9 Å². The zero-order valence-electron chi connectivity index (χ0n) is 18.6. The third-order valence-corrected chi connectivity index (χ3v) is 5.20. The normalized spacial score (nSPS) is 12.0. The first-order chi connectivity index (χ1) is 15.5. The molecule has 0 unspecified atom stereocenters. The average Bonchev–Trinajstić information content (AvgIpc) is 2.80. The molecule has 0 spiro atoms. The second-order valence-corrected chi connectivity index (χ2v) is 7.61. The Bertz CT molecular complexity index is 1130. The Kier molecular flexibility index (Phi) is 7.95. The standard InChI is InChI=1S/C25H27ClN2O4/c1-5-16(3)32-24-21(26)11-17(12-23(24)31-6-2)15-27-28-25(29)20-13-18-9-7-8-10-19(18)14-22(20)30-4/h7-16H,5-6H2,1-4H3,(H,28,29)/b27-15-/t16-/m1/s1. The number of fused-ring (bicyclic) bond motifs is 1. The second-order valence-electron chi connectivity index (χ2n) is 7.20. The van der Waals surface area contributed by atoms with Crippen molar-refractivity contribution in [2.45, 2.75) is 33.3 Å². The molecule has 1 atom stereocenters. The van der Waals surface area contributed by atoms with E-state index in [-0.39, 0.29) is 12.0 Å². The summed E-state index contributed by atoms with van der Waals surface area (Å²) in [7, 11) is 1.53. The van der Waals surface area contributed by atoms with Crippen molar-refractivity contribution in [1.82, 2.24) is 5.43 Å². The van der Waals surface area contributed by atoms with Gasteiger partial charge in [-0.15, -0.1) is 0 Å². The SMILES string of the molecule is CCOc1cc(/C=N\NC(=O)c2cc3ccccc3cc2OC)cc(Cl)c1O[C@H](C)CC. The monoisotopic (exact) mass is 454 g/mol. The molecule has 0 bridgehead atoms. The molecule has 0 aliphatic heterocycles. The number of hydrogen-bond acceptors (Lipinski definition) is 5. The van der Waals surface area contributed by atoms with E-state index in [9.17, 15) is 4.79 Å². The van der Waals surface area contributed by atoms with Gasteiger partial charge in [0.1, 0.15) is 5.75 Å². The van der Waals surface area contributed by atoms with Gasteiger partial charge in [-0.05, 0) is 60.9 Å². The lowest BCUT2D eigenvalue weighted by molar-refractivity contribution is 0.0952. The maximum atomic E-state index is 12.7. The Labute approximate surface area is 193 Å². The topological polar surface area (TPSA) is 69.2 Å². The predicted molar refractivity (Wildman–Crippen MR) is 129 cm³/mol. The molecule has 168 valence electrons. The van der Waals surface area contributed by atoms with Gasteiger partial charge < -0.3 is 14.2 Å². The second kappa shape index (κ2) is 10.9. The van der Waals surface area contributed by atoms with Crippen LogP contribution in [0, 0.1) is 0 Å². The van der Waals surface area contributed by atoms with Crippen LogP contribution in [0.15, 0.2) is 53.6 Å². The summed E-state index contributed by atoms with van der Waals surface area (Å²) in [5.74, 6) is 1.13. The van der Waals surface area contributed by atoms with Gasteiger partial charge in [0.05, 0.1) is 36.6 Å². The van der Waals surface area contributed by atoms with Crippen molar-refractivity contribution in [2.24, 2.45) is 5.10 Å². The summed E-state index contributed by atoms with van der Waals surface area (Å²) < 4.78 is 17.0. The molecule has 6 nitrogen and oxygen atoms in total. The highest BCUT2D eigenvalue weighted by Gasteiger charge is 2.15. The molecule has 0 aromatic heterocycles. The molecular formula is C25H27ClN2O4. The van der Waals surface area contributed by atoms with Gasteiger partial charge in [0, 0.05) is 0 Å². The Hall–Kier alpha value is -3.25. The molecule has 0 aliphatic rings. The molecule has 0 radical (unpaired) electrons. The summed E-state index contributed by atoms with van der Waals surface area (Å²) in [5, 5.41) is 6.43. The van der Waals surface area contributed by atoms with Gasteiger partial charge >= 0.3 is 0 Å². The highest BCUT2D eigenvalue weighted by Crippen LogP contribution is 2.37. The number of benzene rings is 3. The molecule has 1 N–H and O–H groups in total. The number of methoxy groups -OCH3 is 1. The van der Waals surface area contributed by atoms with Gasteiger partial charge in [-0.25, -0.2) is 5.43 Å². The smallest absolute Gasteiger partial charge is 0.275 e. The fraction of sp³-hybridized carbons (Fsp3) is 0.280. The minimum atomic E-state index is -0.378. The van der Waals surface area contributed by atoms with Crippen LogP contribution in [0.2, 0.25) is 5.02 Å². The van der Waals surface area contributed by atoms with E-state index in [0.717, 1.165) is 17.2 Å². The third kappa shape index (κ3) is 5.51. The van der Waals surface area contributed by atoms with Crippen molar-refractivity contribution in [1.29, 1.82) is 0 Å². The Morgan fingerprint density at radius 2 is 1.84 bits per heavy atom. The molecule has 3 aromatic carbocycles. The summed E-state index contributed by atoms with van der Waals surface area (Å²) in [6.45, 7) is 6.36. The lowest BCUT2D eigenvalue weighted by Crippen LogP contribution is -2.18. The summed E-state index contributed by atoms with van der Waals surface area (Å²) in [5.41, 5.74) is 3.61. The molecule has 0 saturated heterocycles. The van der Waals surface area contributed by atoms with Crippen LogP contribution in [-0.2, 0) is 0 Å². The van der Waals surface area contributed by atoms with Gasteiger partial charge in [0.2, 0.25) is 0 Å². The minimum Gasteiger partial charge on any atom is -0.496 e. The first-order valence-electron chi connectivity index (χ1n) is 10.5. The summed E-state index contributed by atoms with van der Waals surface area (Å²) in [6.07, 6.45) is 2.35. The van der Waals surface area contributed by atoms with Gasteiger partial charge in [-0.2, -0.15) is 5.10 Å². The third-order valence-electron chi connectivity index (χ3n) is 4.92. The fourth-order valence-corrected chi connectivity index (χ4v) is 3.38. The molecule has 7 heteroatoms. The van der Waals surface area contributed by atoms with E-state index in [1.165, 1.54) is 13.3 Å². The number of nitrogens with zero attached hydrogens (tertiary/aromatic N) is 1. The number of halogens is 1. The number of hydrogen-bond donors (Lipinski definition) is 1. The number of rotatable bonds is 9. The van der Waals surface area contributed by atoms with Gasteiger partial charge in [0.25, 0.3) is 5.91 Å². The number of ether oxygens (including phenoxy) is 3. The van der Waals surface area contributed by atoms with E-state index >= 15 is 0 Å². The van der Waals surface area contributed by atoms with Gasteiger partial charge in [-0.1, -0.05) is 42.8 Å². The molecule has 0 heterocycles. The van der Waals surface area contributed by atoms with Gasteiger partial charge in [0.15, 0.2) is 11.5 Å². The van der Waals surface area contributed by atoms with Crippen molar-refractivity contribution in [3.63, 3.8) is 0 Å². The van der Waals surface area contributed by atoms with E-state index in [2.05, 4.69) is 10.5 Å². The highest BCUT2D eigenvalue weighted by molar-refractivity contribution is 6.32. The maximum Gasteiger partial charge on any atom is 0.275 e. The van der Waals surface area contributed by atoms with Crippen LogP contribution in [0.5, 0.6) is 17.2 Å². The van der Waals surface area contributed by atoms with Gasteiger partial charge in [-0.3, -0.25) is 4.79 Å². The van der Waals surface area contributed by atoms with Crippen LogP contribution in [0.25, 0.3) is 10.8 Å². The molecule has 0 fully saturated rings. The maximum absolute atomic E-state index is 12.7. The zero-order chi connectivity index (χ0) is 23.1. The number of hydrazone groups is 1. The van der Waals surface area contributed by atoms with E-state index in [1.54, 1.807) is 18.2 Å². The van der Waals surface area contributed by atoms with Crippen molar-refractivity contribution < 1.29 is 19.0 Å². The molecule has 1 amide bonds. The van der Waals surface area contributed by atoms with E-state index in [0.29, 0.717) is 40.0 Å². The predicted octanol–water partition coefficient (Wildman–Crippen LogP) is 5.84. The average molecular weight is 455 g/mol. The zero-order valence-corrected chi connectivity index (χ0v) is 19.4. The Balaban J connectivity index is 1.81. The Morgan fingerprint density at radius 3 is 2.50 bits per heavy atom. The molecular weight excluding hydrogens is 428 g/mol. The van der Waals surface area contributed by atoms with Crippen LogP contribution < -0.4 is 19.6 Å². The van der Waals surface area contributed by atoms with Crippen molar-refractivity contribution in [2.75, 3.05) is 13.7 Å². The summed E-state index contributed by atoms with van der Waals surface area (Å²) in [4.78, 5) is 12.7. The molecule has 3 rings (SSSR count). The molecule has 3 aromatic rings. The van der Waals surface area contributed by atoms with E-state index < -0.39 is 0 Å². The van der Waals surface area contributed by atoms with Crippen LogP contribution in [0.1, 0.15) is 43.1 Å². The number of nitrogens with one attached hydrogen (secondary N) is 1. The molecule has 32 heavy (non-hydrogen) atoms. The number of carbonyl (C=O) groups is 1. The summed E-state index contributed by atoms with van der Waals surface area (Å²) >= 11 is 6.43. The van der Waals surface area contributed by atoms with E-state index in [1.807, 2.05) is 51.1 Å². The summed E-state index contributed by atoms with van der Waals surface area (Å²) in [6, 6.07) is 14.9. The Morgan fingerprint density at radius 1 is 1.12 bits per heavy atom. The first-order valence-corrected chi connectivity index (χ1v) is 10.9. The highest BCUT2D eigenvalue weighted by atomic mass is 35.5. The lowest BCUT2D eigenvalue weighted by atomic mass is 10.1. The fourth-order valence-electron chi connectivity index (χ4n) is 3.12.